The standard InChI is InChI=1S/C14H25N3O/c1-2-17(11-5-6-11)14(18)10-15-12-7-9-16-8-3-4-13(12)16/h11-13,15H,2-10H2,1H3. The normalized spacial score (nSPS) is 31.6. The molecule has 1 N–H and O–H groups in total. The van der Waals surface area contributed by atoms with Crippen LogP contribution in [0.4, 0.5) is 0 Å². The largest absolute Gasteiger partial charge is 0.339 e. The van der Waals surface area contributed by atoms with Gasteiger partial charge in [0.15, 0.2) is 0 Å². The number of carbonyl (C=O) groups is 1. The molecule has 0 spiro atoms. The van der Waals surface area contributed by atoms with Crippen molar-refractivity contribution >= 4 is 5.91 Å². The Labute approximate surface area is 110 Å². The Morgan fingerprint density at radius 3 is 2.83 bits per heavy atom. The number of rotatable bonds is 5. The van der Waals surface area contributed by atoms with Crippen molar-refractivity contribution in [2.75, 3.05) is 26.2 Å². The number of hydrogen-bond acceptors (Lipinski definition) is 3. The molecule has 3 rings (SSSR count). The molecule has 3 fully saturated rings. The summed E-state index contributed by atoms with van der Waals surface area (Å²) in [4.78, 5) is 16.8. The highest BCUT2D eigenvalue weighted by molar-refractivity contribution is 5.79. The summed E-state index contributed by atoms with van der Waals surface area (Å²) in [7, 11) is 0. The van der Waals surface area contributed by atoms with Crippen molar-refractivity contribution in [1.29, 1.82) is 0 Å². The lowest BCUT2D eigenvalue weighted by molar-refractivity contribution is -0.130. The molecule has 4 heteroatoms. The number of amides is 1. The molecule has 0 aromatic heterocycles. The van der Waals surface area contributed by atoms with Crippen molar-refractivity contribution in [3.05, 3.63) is 0 Å². The van der Waals surface area contributed by atoms with E-state index in [1.165, 1.54) is 45.2 Å². The molecule has 4 nitrogen and oxygen atoms in total. The molecule has 2 unspecified atom stereocenters. The lowest BCUT2D eigenvalue weighted by atomic mass is 10.1. The number of fused-ring (bicyclic) bond motifs is 1. The van der Waals surface area contributed by atoms with Gasteiger partial charge in [-0.1, -0.05) is 0 Å². The Morgan fingerprint density at radius 2 is 2.11 bits per heavy atom. The summed E-state index contributed by atoms with van der Waals surface area (Å²) in [6.45, 7) is 5.98. The van der Waals surface area contributed by atoms with Gasteiger partial charge in [0.25, 0.3) is 0 Å². The van der Waals surface area contributed by atoms with Crippen molar-refractivity contribution in [3.63, 3.8) is 0 Å². The van der Waals surface area contributed by atoms with Crippen molar-refractivity contribution in [1.82, 2.24) is 15.1 Å². The highest BCUT2D eigenvalue weighted by Crippen LogP contribution is 2.28. The van der Waals surface area contributed by atoms with Crippen LogP contribution in [0.25, 0.3) is 0 Å². The number of likely N-dealkylation sites (N-methyl/N-ethyl adjacent to an activating group) is 1. The first-order chi connectivity index (χ1) is 8.79. The monoisotopic (exact) mass is 251 g/mol. The first-order valence-corrected chi connectivity index (χ1v) is 7.56. The summed E-state index contributed by atoms with van der Waals surface area (Å²) >= 11 is 0. The predicted octanol–water partition coefficient (Wildman–Crippen LogP) is 0.824. The number of hydrogen-bond donors (Lipinski definition) is 1. The average molecular weight is 251 g/mol. The second kappa shape index (κ2) is 5.17. The highest BCUT2D eigenvalue weighted by Gasteiger charge is 2.37. The SMILES string of the molecule is CCN(C(=O)CNC1CCN2CCCC12)C1CC1. The zero-order valence-electron chi connectivity index (χ0n) is 11.4. The highest BCUT2D eigenvalue weighted by atomic mass is 16.2. The second-order valence-electron chi connectivity index (χ2n) is 5.93. The summed E-state index contributed by atoms with van der Waals surface area (Å²) in [6, 6.07) is 1.80. The van der Waals surface area contributed by atoms with E-state index in [-0.39, 0.29) is 0 Å². The molecule has 1 aliphatic carbocycles. The quantitative estimate of drug-likeness (QED) is 0.786. The minimum Gasteiger partial charge on any atom is -0.339 e. The van der Waals surface area contributed by atoms with Gasteiger partial charge in [-0.3, -0.25) is 9.69 Å². The van der Waals surface area contributed by atoms with E-state index in [0.717, 1.165) is 6.54 Å². The van der Waals surface area contributed by atoms with Gasteiger partial charge in [-0.2, -0.15) is 0 Å². The lowest BCUT2D eigenvalue weighted by Gasteiger charge is -2.24. The van der Waals surface area contributed by atoms with E-state index in [9.17, 15) is 4.79 Å². The first kappa shape index (κ1) is 12.4. The fourth-order valence-electron chi connectivity index (χ4n) is 3.66. The third-order valence-electron chi connectivity index (χ3n) is 4.77. The van der Waals surface area contributed by atoms with Gasteiger partial charge in [-0.25, -0.2) is 0 Å². The minimum atomic E-state index is 0.302. The molecule has 2 saturated heterocycles. The number of nitrogens with one attached hydrogen (secondary N) is 1. The fraction of sp³-hybridized carbons (Fsp3) is 0.929. The second-order valence-corrected chi connectivity index (χ2v) is 5.93. The van der Waals surface area contributed by atoms with E-state index in [2.05, 4.69) is 17.1 Å². The van der Waals surface area contributed by atoms with Gasteiger partial charge in [0.1, 0.15) is 0 Å². The molecular formula is C14H25N3O. The molecule has 1 saturated carbocycles. The zero-order chi connectivity index (χ0) is 12.5. The van der Waals surface area contributed by atoms with Gasteiger partial charge >= 0.3 is 0 Å². The summed E-state index contributed by atoms with van der Waals surface area (Å²) < 4.78 is 0. The van der Waals surface area contributed by atoms with Gasteiger partial charge in [0, 0.05) is 31.2 Å². The maximum Gasteiger partial charge on any atom is 0.236 e. The summed E-state index contributed by atoms with van der Waals surface area (Å²) in [5, 5.41) is 3.52. The molecule has 2 heterocycles. The van der Waals surface area contributed by atoms with E-state index in [0.29, 0.717) is 30.6 Å². The van der Waals surface area contributed by atoms with Crippen LogP contribution < -0.4 is 5.32 Å². The molecule has 1 amide bonds. The van der Waals surface area contributed by atoms with Gasteiger partial charge < -0.3 is 10.2 Å². The number of carbonyl (C=O) groups excluding carboxylic acids is 1. The zero-order valence-corrected chi connectivity index (χ0v) is 11.4. The summed E-state index contributed by atoms with van der Waals surface area (Å²) in [5.41, 5.74) is 0. The Hall–Kier alpha value is -0.610. The molecule has 3 aliphatic rings. The van der Waals surface area contributed by atoms with Gasteiger partial charge in [-0.05, 0) is 45.6 Å². The Bertz CT molecular complexity index is 316. The van der Waals surface area contributed by atoms with Crippen LogP contribution >= 0.6 is 0 Å². The molecular weight excluding hydrogens is 226 g/mol. The van der Waals surface area contributed by atoms with Crippen molar-refractivity contribution in [3.8, 4) is 0 Å². The van der Waals surface area contributed by atoms with E-state index in [4.69, 9.17) is 0 Å². The molecule has 18 heavy (non-hydrogen) atoms. The number of nitrogens with zero attached hydrogens (tertiary/aromatic N) is 2. The smallest absolute Gasteiger partial charge is 0.236 e. The lowest BCUT2D eigenvalue weighted by Crippen LogP contribution is -2.46. The van der Waals surface area contributed by atoms with Crippen LogP contribution in [0.2, 0.25) is 0 Å². The Balaban J connectivity index is 1.47. The first-order valence-electron chi connectivity index (χ1n) is 7.56. The molecule has 102 valence electrons. The molecule has 0 aromatic carbocycles. The van der Waals surface area contributed by atoms with E-state index in [1.807, 2.05) is 4.90 Å². The summed E-state index contributed by atoms with van der Waals surface area (Å²) in [6.07, 6.45) is 6.28. The Morgan fingerprint density at radius 1 is 1.28 bits per heavy atom. The van der Waals surface area contributed by atoms with E-state index >= 15 is 0 Å². The van der Waals surface area contributed by atoms with Gasteiger partial charge in [0.2, 0.25) is 5.91 Å². The molecule has 0 radical (unpaired) electrons. The fourth-order valence-corrected chi connectivity index (χ4v) is 3.66. The van der Waals surface area contributed by atoms with Crippen LogP contribution in [0.3, 0.4) is 0 Å². The van der Waals surface area contributed by atoms with Crippen LogP contribution in [0.5, 0.6) is 0 Å². The van der Waals surface area contributed by atoms with Crippen LogP contribution in [0.1, 0.15) is 39.0 Å². The van der Waals surface area contributed by atoms with Crippen LogP contribution in [0, 0.1) is 0 Å². The maximum atomic E-state index is 12.2. The van der Waals surface area contributed by atoms with Crippen molar-refractivity contribution < 1.29 is 4.79 Å². The van der Waals surface area contributed by atoms with Crippen LogP contribution in [0.15, 0.2) is 0 Å². The summed E-state index contributed by atoms with van der Waals surface area (Å²) in [5.74, 6) is 0.302. The topological polar surface area (TPSA) is 35.6 Å². The molecule has 2 atom stereocenters. The predicted molar refractivity (Wildman–Crippen MR) is 71.4 cm³/mol. The molecule has 0 bridgehead atoms. The van der Waals surface area contributed by atoms with Crippen LogP contribution in [-0.4, -0.2) is 60.0 Å². The third-order valence-corrected chi connectivity index (χ3v) is 4.77. The van der Waals surface area contributed by atoms with Crippen molar-refractivity contribution in [2.45, 2.75) is 57.2 Å². The van der Waals surface area contributed by atoms with Gasteiger partial charge in [-0.15, -0.1) is 0 Å². The van der Waals surface area contributed by atoms with Crippen LogP contribution in [-0.2, 0) is 4.79 Å². The van der Waals surface area contributed by atoms with E-state index in [1.54, 1.807) is 0 Å². The van der Waals surface area contributed by atoms with Crippen molar-refractivity contribution in [2.24, 2.45) is 0 Å². The van der Waals surface area contributed by atoms with Gasteiger partial charge in [0.05, 0.1) is 6.54 Å². The third kappa shape index (κ3) is 2.41. The Kier molecular flexibility index (Phi) is 3.57. The minimum absolute atomic E-state index is 0.302. The maximum absolute atomic E-state index is 12.2. The van der Waals surface area contributed by atoms with E-state index < -0.39 is 0 Å². The molecule has 2 aliphatic heterocycles. The average Bonchev–Trinajstić information content (AvgIpc) is 2.95. The molecule has 0 aromatic rings.